The average Bonchev–Trinajstić information content (AvgIpc) is 2.67. The molecule has 0 radical (unpaired) electrons. The summed E-state index contributed by atoms with van der Waals surface area (Å²) in [4.78, 5) is 4.15. The average molecular weight is 260 g/mol. The first-order valence-corrected chi connectivity index (χ1v) is 8.17. The second-order valence-electron chi connectivity index (χ2n) is 4.64. The summed E-state index contributed by atoms with van der Waals surface area (Å²) in [5, 5.41) is 0.887. The lowest BCUT2D eigenvalue weighted by atomic mass is 9.83. The number of hydrogen-bond acceptors (Lipinski definition) is 5. The molecule has 4 nitrogen and oxygen atoms in total. The highest BCUT2D eigenvalue weighted by Crippen LogP contribution is 2.36. The predicted molar refractivity (Wildman–Crippen MR) is 63.4 cm³/mol. The van der Waals surface area contributed by atoms with Gasteiger partial charge in [0, 0.05) is 12.2 Å². The SMILES string of the molecule is CC1CCC(c2nc(S(C)(=O)=O)ns2)CC1. The van der Waals surface area contributed by atoms with E-state index in [2.05, 4.69) is 16.3 Å². The van der Waals surface area contributed by atoms with Gasteiger partial charge >= 0.3 is 0 Å². The van der Waals surface area contributed by atoms with E-state index < -0.39 is 9.84 Å². The van der Waals surface area contributed by atoms with Crippen molar-refractivity contribution in [3.8, 4) is 0 Å². The molecule has 90 valence electrons. The minimum absolute atomic E-state index is 0.00822. The van der Waals surface area contributed by atoms with E-state index >= 15 is 0 Å². The minimum Gasteiger partial charge on any atom is -0.221 e. The molecule has 1 aliphatic carbocycles. The fourth-order valence-electron chi connectivity index (χ4n) is 2.04. The fraction of sp³-hybridized carbons (Fsp3) is 0.800. The molecule has 0 spiro atoms. The van der Waals surface area contributed by atoms with Crippen LogP contribution in [0.4, 0.5) is 0 Å². The standard InChI is InChI=1S/C10H16N2O2S2/c1-7-3-5-8(6-4-7)9-11-10(12-15-9)16(2,13)14/h7-8H,3-6H2,1-2H3. The van der Waals surface area contributed by atoms with Crippen LogP contribution in [0, 0.1) is 5.92 Å². The second kappa shape index (κ2) is 4.41. The van der Waals surface area contributed by atoms with Gasteiger partial charge in [0.15, 0.2) is 0 Å². The molecular formula is C10H16N2O2S2. The Kier molecular flexibility index (Phi) is 3.30. The van der Waals surface area contributed by atoms with Gasteiger partial charge < -0.3 is 0 Å². The molecule has 0 saturated heterocycles. The molecule has 1 saturated carbocycles. The number of nitrogens with zero attached hydrogens (tertiary/aromatic N) is 2. The van der Waals surface area contributed by atoms with Gasteiger partial charge in [-0.15, -0.1) is 0 Å². The Bertz CT molecular complexity index is 459. The summed E-state index contributed by atoms with van der Waals surface area (Å²) < 4.78 is 26.4. The van der Waals surface area contributed by atoms with Crippen LogP contribution in [0.15, 0.2) is 5.16 Å². The molecule has 6 heteroatoms. The number of aromatic nitrogens is 2. The van der Waals surface area contributed by atoms with Gasteiger partial charge in [-0.3, -0.25) is 0 Å². The van der Waals surface area contributed by atoms with Crippen molar-refractivity contribution in [2.45, 2.75) is 43.7 Å². The molecule has 0 unspecified atom stereocenters. The molecule has 1 aliphatic rings. The monoisotopic (exact) mass is 260 g/mol. The third-order valence-electron chi connectivity index (χ3n) is 3.12. The summed E-state index contributed by atoms with van der Waals surface area (Å²) in [6.45, 7) is 2.26. The lowest BCUT2D eigenvalue weighted by Gasteiger charge is -2.23. The first kappa shape index (κ1) is 12.0. The fourth-order valence-corrected chi connectivity index (χ4v) is 3.74. The summed E-state index contributed by atoms with van der Waals surface area (Å²) in [5.41, 5.74) is 0. The normalized spacial score (nSPS) is 26.9. The first-order valence-electron chi connectivity index (χ1n) is 5.50. The molecule has 0 atom stereocenters. The predicted octanol–water partition coefficient (Wildman–Crippen LogP) is 2.24. The van der Waals surface area contributed by atoms with Crippen LogP contribution >= 0.6 is 11.5 Å². The Balaban J connectivity index is 2.14. The van der Waals surface area contributed by atoms with E-state index in [0.717, 1.165) is 30.0 Å². The summed E-state index contributed by atoms with van der Waals surface area (Å²) in [6, 6.07) is 0. The molecule has 0 aliphatic heterocycles. The molecule has 0 N–H and O–H groups in total. The molecule has 1 heterocycles. The molecule has 0 aromatic carbocycles. The topological polar surface area (TPSA) is 59.9 Å². The van der Waals surface area contributed by atoms with Crippen molar-refractivity contribution in [2.24, 2.45) is 5.92 Å². The molecule has 1 aromatic rings. The van der Waals surface area contributed by atoms with Crippen molar-refractivity contribution in [3.63, 3.8) is 0 Å². The zero-order valence-corrected chi connectivity index (χ0v) is 11.1. The highest BCUT2D eigenvalue weighted by atomic mass is 32.2. The van der Waals surface area contributed by atoms with Crippen LogP contribution < -0.4 is 0 Å². The second-order valence-corrected chi connectivity index (χ2v) is 7.34. The van der Waals surface area contributed by atoms with Crippen LogP contribution in [0.5, 0.6) is 0 Å². The van der Waals surface area contributed by atoms with E-state index in [-0.39, 0.29) is 5.16 Å². The van der Waals surface area contributed by atoms with Gasteiger partial charge in [-0.05, 0) is 30.3 Å². The van der Waals surface area contributed by atoms with Crippen molar-refractivity contribution in [2.75, 3.05) is 6.26 Å². The van der Waals surface area contributed by atoms with Crippen LogP contribution in [0.2, 0.25) is 0 Å². The van der Waals surface area contributed by atoms with Gasteiger partial charge in [-0.1, -0.05) is 19.8 Å². The van der Waals surface area contributed by atoms with Crippen LogP contribution in [0.3, 0.4) is 0 Å². The zero-order chi connectivity index (χ0) is 11.8. The van der Waals surface area contributed by atoms with Crippen molar-refractivity contribution < 1.29 is 8.42 Å². The van der Waals surface area contributed by atoms with E-state index in [0.29, 0.717) is 5.92 Å². The quantitative estimate of drug-likeness (QED) is 0.818. The van der Waals surface area contributed by atoms with Crippen molar-refractivity contribution in [1.29, 1.82) is 0 Å². The molecule has 0 amide bonds. The van der Waals surface area contributed by atoms with E-state index in [9.17, 15) is 8.42 Å². The van der Waals surface area contributed by atoms with Crippen LogP contribution in [-0.2, 0) is 9.84 Å². The van der Waals surface area contributed by atoms with E-state index in [1.165, 1.54) is 24.4 Å². The Hall–Kier alpha value is -0.490. The smallest absolute Gasteiger partial charge is 0.221 e. The van der Waals surface area contributed by atoms with E-state index in [1.807, 2.05) is 0 Å². The van der Waals surface area contributed by atoms with Gasteiger partial charge in [-0.2, -0.15) is 4.37 Å². The van der Waals surface area contributed by atoms with E-state index in [1.54, 1.807) is 0 Å². The van der Waals surface area contributed by atoms with Crippen molar-refractivity contribution >= 4 is 21.4 Å². The largest absolute Gasteiger partial charge is 0.258 e. The Morgan fingerprint density at radius 1 is 1.25 bits per heavy atom. The minimum atomic E-state index is -3.24. The number of hydrogen-bond donors (Lipinski definition) is 0. The maximum absolute atomic E-state index is 11.3. The van der Waals surface area contributed by atoms with Gasteiger partial charge in [-0.25, -0.2) is 13.4 Å². The summed E-state index contributed by atoms with van der Waals surface area (Å²) >= 11 is 1.24. The maximum atomic E-state index is 11.3. The molecule has 1 aromatic heterocycles. The maximum Gasteiger partial charge on any atom is 0.258 e. The van der Waals surface area contributed by atoms with Crippen LogP contribution in [0.25, 0.3) is 0 Å². The zero-order valence-electron chi connectivity index (χ0n) is 9.51. The third kappa shape index (κ3) is 2.60. The van der Waals surface area contributed by atoms with Gasteiger partial charge in [0.1, 0.15) is 5.01 Å². The van der Waals surface area contributed by atoms with Crippen molar-refractivity contribution in [3.05, 3.63) is 5.01 Å². The third-order valence-corrected chi connectivity index (χ3v) is 4.96. The molecule has 0 bridgehead atoms. The summed E-state index contributed by atoms with van der Waals surface area (Å²) in [5.74, 6) is 1.21. The van der Waals surface area contributed by atoms with Crippen LogP contribution in [-0.4, -0.2) is 24.0 Å². The van der Waals surface area contributed by atoms with Gasteiger partial charge in [0.2, 0.25) is 9.84 Å². The molecule has 2 rings (SSSR count). The highest BCUT2D eigenvalue weighted by molar-refractivity contribution is 7.90. The van der Waals surface area contributed by atoms with Gasteiger partial charge in [0.25, 0.3) is 5.16 Å². The Morgan fingerprint density at radius 2 is 1.88 bits per heavy atom. The molecular weight excluding hydrogens is 244 g/mol. The number of sulfone groups is 1. The molecule has 1 fully saturated rings. The highest BCUT2D eigenvalue weighted by Gasteiger charge is 2.24. The van der Waals surface area contributed by atoms with Gasteiger partial charge in [0.05, 0.1) is 0 Å². The number of rotatable bonds is 2. The van der Waals surface area contributed by atoms with Crippen LogP contribution in [0.1, 0.15) is 43.5 Å². The first-order chi connectivity index (χ1) is 7.47. The summed E-state index contributed by atoms with van der Waals surface area (Å²) in [7, 11) is -3.24. The summed E-state index contributed by atoms with van der Waals surface area (Å²) in [6.07, 6.45) is 5.79. The van der Waals surface area contributed by atoms with Crippen molar-refractivity contribution in [1.82, 2.24) is 9.36 Å². The molecule has 16 heavy (non-hydrogen) atoms. The van der Waals surface area contributed by atoms with E-state index in [4.69, 9.17) is 0 Å². The Labute approximate surface area is 100 Å². The lowest BCUT2D eigenvalue weighted by Crippen LogP contribution is -2.11. The Morgan fingerprint density at radius 3 is 2.38 bits per heavy atom. The lowest BCUT2D eigenvalue weighted by molar-refractivity contribution is 0.347.